The predicted octanol–water partition coefficient (Wildman–Crippen LogP) is 3.72. The zero-order valence-corrected chi connectivity index (χ0v) is 17.0. The normalized spacial score (nSPS) is 11.4. The van der Waals surface area contributed by atoms with Gasteiger partial charge in [0.15, 0.2) is 5.13 Å². The molecular weight excluding hydrogens is 393 g/mol. The predicted molar refractivity (Wildman–Crippen MR) is 107 cm³/mol. The molecular formula is C18H20ClFN3OS2+. The second-order valence-electron chi connectivity index (χ2n) is 5.88. The molecule has 0 radical (unpaired) electrons. The topological polar surface area (TPSA) is 37.6 Å². The third-order valence-electron chi connectivity index (χ3n) is 4.29. The molecule has 0 atom stereocenters. The monoisotopic (exact) mass is 412 g/mol. The molecule has 0 unspecified atom stereocenters. The molecule has 8 heteroatoms. The number of likely N-dealkylation sites (N-methyl/N-ethyl adjacent to an activating group) is 1. The molecule has 0 aliphatic heterocycles. The number of thiophene rings is 1. The van der Waals surface area contributed by atoms with Gasteiger partial charge >= 0.3 is 0 Å². The fraction of sp³-hybridized carbons (Fsp3) is 0.333. The van der Waals surface area contributed by atoms with Gasteiger partial charge in [-0.2, -0.15) is 0 Å². The Hall–Kier alpha value is -1.54. The van der Waals surface area contributed by atoms with Crippen molar-refractivity contribution in [1.82, 2.24) is 4.98 Å². The highest BCUT2D eigenvalue weighted by molar-refractivity contribution is 7.22. The van der Waals surface area contributed by atoms with Gasteiger partial charge in [0.1, 0.15) is 5.82 Å². The van der Waals surface area contributed by atoms with Gasteiger partial charge in [0.05, 0.1) is 45.6 Å². The van der Waals surface area contributed by atoms with Crippen molar-refractivity contribution in [2.75, 3.05) is 31.1 Å². The minimum absolute atomic E-state index is 0.118. The van der Waals surface area contributed by atoms with Crippen LogP contribution in [0.25, 0.3) is 10.2 Å². The van der Waals surface area contributed by atoms with Crippen LogP contribution in [-0.4, -0.2) is 37.1 Å². The maximum Gasteiger partial charge on any atom is 0.270 e. The van der Waals surface area contributed by atoms with E-state index >= 15 is 0 Å². The largest absolute Gasteiger partial charge is 0.334 e. The van der Waals surface area contributed by atoms with E-state index in [1.165, 1.54) is 39.7 Å². The minimum Gasteiger partial charge on any atom is -0.334 e. The molecule has 1 amide bonds. The summed E-state index contributed by atoms with van der Waals surface area (Å²) in [6.07, 6.45) is 0. The first-order valence-electron chi connectivity index (χ1n) is 8.48. The quantitative estimate of drug-likeness (QED) is 0.642. The van der Waals surface area contributed by atoms with Crippen LogP contribution in [0.5, 0.6) is 0 Å². The van der Waals surface area contributed by atoms with E-state index in [1.807, 2.05) is 0 Å². The van der Waals surface area contributed by atoms with E-state index in [-0.39, 0.29) is 11.7 Å². The SMILES string of the molecule is CC[NH+](CC)CCN(C(=O)c1ccc(Cl)s1)c1nc2ccc(F)cc2s1. The summed E-state index contributed by atoms with van der Waals surface area (Å²) in [7, 11) is 0. The average molecular weight is 413 g/mol. The standard InChI is InChI=1S/C18H19ClFN3OS2/c1-3-22(4-2)9-10-23(17(24)14-7-8-16(19)25-14)18-21-13-6-5-12(20)11-15(13)26-18/h5-8,11H,3-4,9-10H2,1-2H3/p+1. The Morgan fingerprint density at radius 2 is 2.00 bits per heavy atom. The van der Waals surface area contributed by atoms with Gasteiger partial charge in [-0.05, 0) is 44.2 Å². The number of halogens is 2. The van der Waals surface area contributed by atoms with E-state index < -0.39 is 0 Å². The Labute approximate surface area is 164 Å². The molecule has 138 valence electrons. The maximum atomic E-state index is 13.5. The zero-order valence-electron chi connectivity index (χ0n) is 14.6. The smallest absolute Gasteiger partial charge is 0.270 e. The van der Waals surface area contributed by atoms with Crippen molar-refractivity contribution >= 4 is 55.5 Å². The van der Waals surface area contributed by atoms with E-state index in [2.05, 4.69) is 18.8 Å². The molecule has 0 saturated heterocycles. The molecule has 0 aliphatic rings. The number of nitrogens with zero attached hydrogens (tertiary/aromatic N) is 2. The summed E-state index contributed by atoms with van der Waals surface area (Å²) in [6.45, 7) is 7.62. The van der Waals surface area contributed by atoms with E-state index in [9.17, 15) is 9.18 Å². The fourth-order valence-corrected chi connectivity index (χ4v) is 4.73. The van der Waals surface area contributed by atoms with Crippen LogP contribution in [0.1, 0.15) is 23.5 Å². The Bertz CT molecular complexity index is 907. The van der Waals surface area contributed by atoms with Crippen LogP contribution in [-0.2, 0) is 0 Å². The number of fused-ring (bicyclic) bond motifs is 1. The summed E-state index contributed by atoms with van der Waals surface area (Å²) in [5, 5.41) is 0.590. The van der Waals surface area contributed by atoms with E-state index in [0.29, 0.717) is 26.4 Å². The molecule has 0 spiro atoms. The van der Waals surface area contributed by atoms with Crippen molar-refractivity contribution < 1.29 is 14.1 Å². The number of rotatable bonds is 7. The number of thiazole rings is 1. The summed E-state index contributed by atoms with van der Waals surface area (Å²) in [6, 6.07) is 7.94. The lowest BCUT2D eigenvalue weighted by Gasteiger charge is -2.22. The van der Waals surface area contributed by atoms with E-state index in [1.54, 1.807) is 23.1 Å². The molecule has 0 saturated carbocycles. The molecule has 3 aromatic rings. The van der Waals surface area contributed by atoms with Crippen LogP contribution < -0.4 is 9.80 Å². The molecule has 3 rings (SSSR count). The molecule has 0 aliphatic carbocycles. The van der Waals surface area contributed by atoms with Crippen LogP contribution in [0.2, 0.25) is 4.34 Å². The minimum atomic E-state index is -0.303. The lowest BCUT2D eigenvalue weighted by atomic mass is 10.3. The highest BCUT2D eigenvalue weighted by atomic mass is 35.5. The van der Waals surface area contributed by atoms with Crippen LogP contribution in [0, 0.1) is 5.82 Å². The third-order valence-corrected chi connectivity index (χ3v) is 6.55. The average Bonchev–Trinajstić information content (AvgIpc) is 3.24. The van der Waals surface area contributed by atoms with Gasteiger partial charge in [-0.25, -0.2) is 9.37 Å². The Balaban J connectivity index is 1.93. The number of anilines is 1. The lowest BCUT2D eigenvalue weighted by Crippen LogP contribution is -3.12. The second kappa shape index (κ2) is 8.43. The van der Waals surface area contributed by atoms with Crippen molar-refractivity contribution in [2.24, 2.45) is 0 Å². The number of carbonyl (C=O) groups is 1. The van der Waals surface area contributed by atoms with Crippen molar-refractivity contribution in [3.05, 3.63) is 45.4 Å². The fourth-order valence-electron chi connectivity index (χ4n) is 2.72. The van der Waals surface area contributed by atoms with Crippen molar-refractivity contribution in [1.29, 1.82) is 0 Å². The first kappa shape index (κ1) is 19.2. The number of hydrogen-bond donors (Lipinski definition) is 1. The number of nitrogens with one attached hydrogen (secondary N) is 1. The first-order chi connectivity index (χ1) is 12.5. The number of benzene rings is 1. The number of quaternary nitrogens is 1. The summed E-state index contributed by atoms with van der Waals surface area (Å²) >= 11 is 8.59. The molecule has 2 heterocycles. The summed E-state index contributed by atoms with van der Waals surface area (Å²) in [4.78, 5) is 21.3. The van der Waals surface area contributed by atoms with Crippen LogP contribution in [0.4, 0.5) is 9.52 Å². The Morgan fingerprint density at radius 1 is 1.23 bits per heavy atom. The van der Waals surface area contributed by atoms with Gasteiger partial charge in [0.25, 0.3) is 5.91 Å². The first-order valence-corrected chi connectivity index (χ1v) is 10.5. The van der Waals surface area contributed by atoms with E-state index in [4.69, 9.17) is 11.6 Å². The van der Waals surface area contributed by atoms with Gasteiger partial charge in [0.2, 0.25) is 0 Å². The maximum absolute atomic E-state index is 13.5. The molecule has 1 N–H and O–H groups in total. The summed E-state index contributed by atoms with van der Waals surface area (Å²) in [5.74, 6) is -0.420. The van der Waals surface area contributed by atoms with Crippen molar-refractivity contribution in [3.8, 4) is 0 Å². The van der Waals surface area contributed by atoms with Crippen LogP contribution >= 0.6 is 34.3 Å². The Morgan fingerprint density at radius 3 is 2.65 bits per heavy atom. The molecule has 0 fully saturated rings. The zero-order chi connectivity index (χ0) is 18.7. The van der Waals surface area contributed by atoms with Gasteiger partial charge in [0, 0.05) is 0 Å². The second-order valence-corrected chi connectivity index (χ2v) is 8.60. The summed E-state index contributed by atoms with van der Waals surface area (Å²) in [5.41, 5.74) is 0.698. The van der Waals surface area contributed by atoms with Crippen molar-refractivity contribution in [3.63, 3.8) is 0 Å². The number of carbonyl (C=O) groups excluding carboxylic acids is 1. The van der Waals surface area contributed by atoms with Gasteiger partial charge in [-0.3, -0.25) is 9.69 Å². The molecule has 4 nitrogen and oxygen atoms in total. The Kier molecular flexibility index (Phi) is 6.24. The molecule has 0 bridgehead atoms. The van der Waals surface area contributed by atoms with Gasteiger partial charge < -0.3 is 4.90 Å². The van der Waals surface area contributed by atoms with Gasteiger partial charge in [-0.15, -0.1) is 11.3 Å². The van der Waals surface area contributed by atoms with Gasteiger partial charge in [-0.1, -0.05) is 22.9 Å². The number of amides is 1. The van der Waals surface area contributed by atoms with E-state index in [0.717, 1.165) is 24.3 Å². The number of aromatic nitrogens is 1. The highest BCUT2D eigenvalue weighted by Crippen LogP contribution is 2.31. The molecule has 1 aromatic carbocycles. The molecule has 2 aromatic heterocycles. The number of hydrogen-bond acceptors (Lipinski definition) is 4. The van der Waals surface area contributed by atoms with Crippen LogP contribution in [0.3, 0.4) is 0 Å². The highest BCUT2D eigenvalue weighted by Gasteiger charge is 2.24. The summed E-state index contributed by atoms with van der Waals surface area (Å²) < 4.78 is 14.8. The van der Waals surface area contributed by atoms with Crippen molar-refractivity contribution in [2.45, 2.75) is 13.8 Å². The molecule has 26 heavy (non-hydrogen) atoms. The lowest BCUT2D eigenvalue weighted by molar-refractivity contribution is -0.894. The van der Waals surface area contributed by atoms with Crippen LogP contribution in [0.15, 0.2) is 30.3 Å². The third kappa shape index (κ3) is 4.23.